The van der Waals surface area contributed by atoms with Gasteiger partial charge in [0.1, 0.15) is 5.78 Å². The quantitative estimate of drug-likeness (QED) is 0.838. The molecule has 0 saturated carbocycles. The van der Waals surface area contributed by atoms with Crippen LogP contribution in [0.25, 0.3) is 0 Å². The molecule has 0 radical (unpaired) electrons. The second-order valence-electron chi connectivity index (χ2n) is 4.68. The van der Waals surface area contributed by atoms with Crippen LogP contribution in [-0.2, 0) is 14.9 Å². The van der Waals surface area contributed by atoms with Crippen molar-refractivity contribution in [3.8, 4) is 6.07 Å². The molecule has 1 saturated heterocycles. The lowest BCUT2D eigenvalue weighted by molar-refractivity contribution is -0.121. The standard InChI is InChI=1S/C13H14N2O4S/c14-9-10-1-3-11(4-2-10)13(20(17,18)19)15-7-5-12(16)6-8-15/h1-4,13H,5-8H2,(H,17,18,19). The Hall–Kier alpha value is -1.75. The molecule has 2 rings (SSSR count). The Labute approximate surface area is 117 Å². The van der Waals surface area contributed by atoms with Crippen LogP contribution in [0, 0.1) is 11.3 Å². The molecule has 0 amide bonds. The van der Waals surface area contributed by atoms with Crippen LogP contribution >= 0.6 is 0 Å². The third-order valence-electron chi connectivity index (χ3n) is 3.29. The fourth-order valence-electron chi connectivity index (χ4n) is 2.30. The maximum absolute atomic E-state index is 11.6. The van der Waals surface area contributed by atoms with Crippen LogP contribution in [0.5, 0.6) is 0 Å². The Morgan fingerprint density at radius 3 is 2.20 bits per heavy atom. The van der Waals surface area contributed by atoms with Crippen molar-refractivity contribution in [1.82, 2.24) is 4.90 Å². The van der Waals surface area contributed by atoms with Crippen molar-refractivity contribution >= 4 is 15.9 Å². The molecule has 1 aliphatic rings. The molecular formula is C13H14N2O4S. The predicted molar refractivity (Wildman–Crippen MR) is 71.3 cm³/mol. The monoisotopic (exact) mass is 294 g/mol. The van der Waals surface area contributed by atoms with E-state index in [1.165, 1.54) is 24.3 Å². The molecule has 1 N–H and O–H groups in total. The molecule has 1 aliphatic heterocycles. The minimum Gasteiger partial charge on any atom is -0.300 e. The highest BCUT2D eigenvalue weighted by atomic mass is 32.2. The van der Waals surface area contributed by atoms with E-state index in [2.05, 4.69) is 0 Å². The molecular weight excluding hydrogens is 280 g/mol. The average Bonchev–Trinajstić information content (AvgIpc) is 2.41. The van der Waals surface area contributed by atoms with Gasteiger partial charge in [0.2, 0.25) is 0 Å². The number of carbonyl (C=O) groups is 1. The Morgan fingerprint density at radius 2 is 1.75 bits per heavy atom. The van der Waals surface area contributed by atoms with Gasteiger partial charge < -0.3 is 0 Å². The number of hydrogen-bond donors (Lipinski definition) is 1. The van der Waals surface area contributed by atoms with Gasteiger partial charge in [-0.2, -0.15) is 13.7 Å². The Bertz CT molecular complexity index is 636. The fourth-order valence-corrected chi connectivity index (χ4v) is 3.39. The van der Waals surface area contributed by atoms with Crippen molar-refractivity contribution in [2.24, 2.45) is 0 Å². The summed E-state index contributed by atoms with van der Waals surface area (Å²) in [6.45, 7) is 0.590. The molecule has 0 spiro atoms. The number of rotatable bonds is 3. The number of hydrogen-bond acceptors (Lipinski definition) is 5. The number of ketones is 1. The van der Waals surface area contributed by atoms with Crippen molar-refractivity contribution in [3.05, 3.63) is 35.4 Å². The van der Waals surface area contributed by atoms with Gasteiger partial charge in [-0.3, -0.25) is 14.2 Å². The number of Topliss-reactive ketones (excluding diaryl/α,β-unsaturated/α-hetero) is 1. The van der Waals surface area contributed by atoms with Gasteiger partial charge in [0.15, 0.2) is 5.37 Å². The zero-order valence-corrected chi connectivity index (χ0v) is 11.5. The van der Waals surface area contributed by atoms with Crippen molar-refractivity contribution in [2.75, 3.05) is 13.1 Å². The van der Waals surface area contributed by atoms with E-state index in [0.717, 1.165) is 0 Å². The van der Waals surface area contributed by atoms with E-state index in [9.17, 15) is 17.8 Å². The molecule has 1 fully saturated rings. The van der Waals surface area contributed by atoms with E-state index in [0.29, 0.717) is 24.2 Å². The van der Waals surface area contributed by atoms with Crippen molar-refractivity contribution < 1.29 is 17.8 Å². The first-order valence-electron chi connectivity index (χ1n) is 6.14. The Kier molecular flexibility index (Phi) is 4.18. The molecule has 0 bridgehead atoms. The molecule has 0 aromatic heterocycles. The normalized spacial score (nSPS) is 18.5. The summed E-state index contributed by atoms with van der Waals surface area (Å²) in [7, 11) is -4.32. The first kappa shape index (κ1) is 14.7. The molecule has 6 nitrogen and oxygen atoms in total. The summed E-state index contributed by atoms with van der Waals surface area (Å²) < 4.78 is 32.7. The molecule has 0 aliphatic carbocycles. The second-order valence-corrected chi connectivity index (χ2v) is 6.15. The molecule has 7 heteroatoms. The third-order valence-corrected chi connectivity index (χ3v) is 4.43. The highest BCUT2D eigenvalue weighted by Crippen LogP contribution is 2.28. The van der Waals surface area contributed by atoms with E-state index in [4.69, 9.17) is 5.26 Å². The van der Waals surface area contributed by atoms with Gasteiger partial charge in [-0.05, 0) is 17.7 Å². The van der Waals surface area contributed by atoms with Gasteiger partial charge in [-0.25, -0.2) is 0 Å². The van der Waals surface area contributed by atoms with Gasteiger partial charge in [0.05, 0.1) is 11.6 Å². The zero-order chi connectivity index (χ0) is 14.8. The molecule has 1 aromatic rings. The lowest BCUT2D eigenvalue weighted by atomic mass is 10.1. The maximum atomic E-state index is 11.6. The largest absolute Gasteiger partial charge is 0.300 e. The summed E-state index contributed by atoms with van der Waals surface area (Å²) in [4.78, 5) is 12.8. The lowest BCUT2D eigenvalue weighted by Crippen LogP contribution is -2.40. The summed E-state index contributed by atoms with van der Waals surface area (Å²) >= 11 is 0. The molecule has 1 atom stereocenters. The number of likely N-dealkylation sites (tertiary alicyclic amines) is 1. The number of nitrogens with zero attached hydrogens (tertiary/aromatic N) is 2. The maximum Gasteiger partial charge on any atom is 0.285 e. The number of carbonyl (C=O) groups excluding carboxylic acids is 1. The van der Waals surface area contributed by atoms with Crippen LogP contribution in [0.4, 0.5) is 0 Å². The van der Waals surface area contributed by atoms with Gasteiger partial charge in [-0.1, -0.05) is 12.1 Å². The van der Waals surface area contributed by atoms with Crippen LogP contribution in [0.15, 0.2) is 24.3 Å². The van der Waals surface area contributed by atoms with Gasteiger partial charge in [0.25, 0.3) is 10.1 Å². The molecule has 1 heterocycles. The predicted octanol–water partition coefficient (Wildman–Crippen LogP) is 1.11. The molecule has 20 heavy (non-hydrogen) atoms. The number of nitriles is 1. The minimum absolute atomic E-state index is 0.0927. The lowest BCUT2D eigenvalue weighted by Gasteiger charge is -2.32. The zero-order valence-electron chi connectivity index (χ0n) is 10.7. The highest BCUT2D eigenvalue weighted by Gasteiger charge is 2.33. The van der Waals surface area contributed by atoms with Crippen molar-refractivity contribution in [2.45, 2.75) is 18.2 Å². The summed E-state index contributed by atoms with van der Waals surface area (Å²) in [6, 6.07) is 7.97. The van der Waals surface area contributed by atoms with Crippen LogP contribution in [0.2, 0.25) is 0 Å². The van der Waals surface area contributed by atoms with Crippen LogP contribution < -0.4 is 0 Å². The van der Waals surface area contributed by atoms with Crippen LogP contribution in [-0.4, -0.2) is 36.7 Å². The van der Waals surface area contributed by atoms with Crippen molar-refractivity contribution in [3.63, 3.8) is 0 Å². The first-order chi connectivity index (χ1) is 9.41. The fraction of sp³-hybridized carbons (Fsp3) is 0.385. The second kappa shape index (κ2) is 5.71. The molecule has 1 unspecified atom stereocenters. The van der Waals surface area contributed by atoms with Gasteiger partial charge in [-0.15, -0.1) is 0 Å². The van der Waals surface area contributed by atoms with E-state index in [-0.39, 0.29) is 18.6 Å². The van der Waals surface area contributed by atoms with Crippen LogP contribution in [0.1, 0.15) is 29.3 Å². The van der Waals surface area contributed by atoms with E-state index < -0.39 is 15.5 Å². The van der Waals surface area contributed by atoms with Gasteiger partial charge in [0, 0.05) is 25.9 Å². The minimum atomic E-state index is -4.32. The Morgan fingerprint density at radius 1 is 1.20 bits per heavy atom. The number of piperidine rings is 1. The highest BCUT2D eigenvalue weighted by molar-refractivity contribution is 7.86. The summed E-state index contributed by atoms with van der Waals surface area (Å²) in [5, 5.41) is 7.55. The first-order valence-corrected chi connectivity index (χ1v) is 7.64. The van der Waals surface area contributed by atoms with Crippen LogP contribution in [0.3, 0.4) is 0 Å². The summed E-state index contributed by atoms with van der Waals surface area (Å²) in [5.74, 6) is 0.0927. The van der Waals surface area contributed by atoms with E-state index in [1.54, 1.807) is 4.90 Å². The van der Waals surface area contributed by atoms with Gasteiger partial charge >= 0.3 is 0 Å². The molecule has 1 aromatic carbocycles. The van der Waals surface area contributed by atoms with E-state index >= 15 is 0 Å². The van der Waals surface area contributed by atoms with Crippen molar-refractivity contribution in [1.29, 1.82) is 5.26 Å². The average molecular weight is 294 g/mol. The summed E-state index contributed by atoms with van der Waals surface area (Å²) in [5.41, 5.74) is 0.803. The number of benzene rings is 1. The summed E-state index contributed by atoms with van der Waals surface area (Å²) in [6.07, 6.45) is 0.560. The molecule has 106 valence electrons. The SMILES string of the molecule is N#Cc1ccc(C(N2CCC(=O)CC2)S(=O)(=O)O)cc1. The third kappa shape index (κ3) is 3.22. The van der Waals surface area contributed by atoms with E-state index in [1.807, 2.05) is 6.07 Å². The Balaban J connectivity index is 2.33. The topological polar surface area (TPSA) is 98.5 Å². The smallest absolute Gasteiger partial charge is 0.285 e.